The molecule has 1 fully saturated rings. The summed E-state index contributed by atoms with van der Waals surface area (Å²) in [6, 6.07) is 14.6. The van der Waals surface area contributed by atoms with Gasteiger partial charge in [-0.1, -0.05) is 35.3 Å². The highest BCUT2D eigenvalue weighted by Gasteiger charge is 2.24. The lowest BCUT2D eigenvalue weighted by Gasteiger charge is -2.16. The predicted octanol–water partition coefficient (Wildman–Crippen LogP) is 7.34. The molecule has 1 saturated heterocycles. The van der Waals surface area contributed by atoms with E-state index in [0.717, 1.165) is 16.7 Å². The molecule has 0 radical (unpaired) electrons. The average molecular weight is 543 g/mol. The van der Waals surface area contributed by atoms with E-state index in [4.69, 9.17) is 32.7 Å². The number of nitrogens with one attached hydrogen (secondary N) is 1. The van der Waals surface area contributed by atoms with Gasteiger partial charge < -0.3 is 14.8 Å². The highest BCUT2D eigenvalue weighted by Crippen LogP contribution is 2.37. The smallest absolute Gasteiger partial charge is 0.264 e. The van der Waals surface area contributed by atoms with Crippen molar-refractivity contribution >= 4 is 57.8 Å². The van der Waals surface area contributed by atoms with Crippen molar-refractivity contribution in [2.45, 2.75) is 13.0 Å². The number of ether oxygens (including phenoxy) is 2. The van der Waals surface area contributed by atoms with E-state index in [1.54, 1.807) is 49.6 Å². The number of amides is 1. The summed E-state index contributed by atoms with van der Waals surface area (Å²) in [4.78, 5) is 17.4. The zero-order chi connectivity index (χ0) is 25.7. The Morgan fingerprint density at radius 2 is 1.89 bits per heavy atom. The van der Waals surface area contributed by atoms with E-state index in [-0.39, 0.29) is 18.3 Å². The third-order valence-electron chi connectivity index (χ3n) is 5.13. The topological polar surface area (TPSA) is 59.9 Å². The summed E-state index contributed by atoms with van der Waals surface area (Å²) < 4.78 is 24.9. The third kappa shape index (κ3) is 6.29. The summed E-state index contributed by atoms with van der Waals surface area (Å²) in [5.41, 5.74) is 2.91. The quantitative estimate of drug-likeness (QED) is 0.239. The normalized spacial score (nSPS) is 15.3. The largest absolute Gasteiger partial charge is 0.493 e. The van der Waals surface area contributed by atoms with Crippen LogP contribution in [-0.2, 0) is 17.8 Å². The Morgan fingerprint density at radius 3 is 2.58 bits per heavy atom. The van der Waals surface area contributed by atoms with Gasteiger partial charge in [0.15, 0.2) is 16.7 Å². The van der Waals surface area contributed by atoms with Crippen molar-refractivity contribution in [3.8, 4) is 11.5 Å². The van der Waals surface area contributed by atoms with Crippen molar-refractivity contribution in [3.05, 3.63) is 105 Å². The van der Waals surface area contributed by atoms with Gasteiger partial charge in [0.05, 0.1) is 17.7 Å². The Balaban J connectivity index is 1.60. The molecule has 0 unspecified atom stereocenters. The lowest BCUT2D eigenvalue weighted by atomic mass is 10.0. The number of amidine groups is 1. The standard InChI is InChI=1S/C27H21Cl2FN2O3S/c1-3-4-17-11-16(12-23(34-2)25(17)35-15-18-5-6-19(28)14-22(18)29)13-24-26(33)32-27(36-24)31-21-9-7-20(30)8-10-21/h3,5-14H,1,4,15H2,2H3,(H,31,32,33)/b24-13+. The lowest BCUT2D eigenvalue weighted by molar-refractivity contribution is -0.115. The first-order valence-corrected chi connectivity index (χ1v) is 12.4. The van der Waals surface area contributed by atoms with E-state index >= 15 is 0 Å². The van der Waals surface area contributed by atoms with Gasteiger partial charge in [0.25, 0.3) is 5.91 Å². The van der Waals surface area contributed by atoms with Crippen LogP contribution in [0.2, 0.25) is 10.0 Å². The molecule has 0 spiro atoms. The van der Waals surface area contributed by atoms with E-state index in [0.29, 0.717) is 43.7 Å². The van der Waals surface area contributed by atoms with Crippen LogP contribution in [0.4, 0.5) is 10.1 Å². The highest BCUT2D eigenvalue weighted by molar-refractivity contribution is 8.18. The van der Waals surface area contributed by atoms with Crippen molar-refractivity contribution in [3.63, 3.8) is 0 Å². The highest BCUT2D eigenvalue weighted by atomic mass is 35.5. The van der Waals surface area contributed by atoms with Crippen LogP contribution in [-0.4, -0.2) is 18.2 Å². The van der Waals surface area contributed by atoms with Crippen LogP contribution in [0.5, 0.6) is 11.5 Å². The maximum Gasteiger partial charge on any atom is 0.264 e. The van der Waals surface area contributed by atoms with E-state index in [2.05, 4.69) is 16.9 Å². The SMILES string of the molecule is C=CCc1cc(/C=C2/SC(=Nc3ccc(F)cc3)NC2=O)cc(OC)c1OCc1ccc(Cl)cc1Cl. The zero-order valence-electron chi connectivity index (χ0n) is 19.2. The van der Waals surface area contributed by atoms with Crippen molar-refractivity contribution in [1.29, 1.82) is 0 Å². The molecule has 1 N–H and O–H groups in total. The predicted molar refractivity (Wildman–Crippen MR) is 145 cm³/mol. The zero-order valence-corrected chi connectivity index (χ0v) is 21.5. The molecule has 1 heterocycles. The van der Waals surface area contributed by atoms with Gasteiger partial charge in [-0.15, -0.1) is 6.58 Å². The number of nitrogens with zero attached hydrogens (tertiary/aromatic N) is 1. The summed E-state index contributed by atoms with van der Waals surface area (Å²) >= 11 is 13.5. The first-order valence-electron chi connectivity index (χ1n) is 10.8. The van der Waals surface area contributed by atoms with E-state index in [9.17, 15) is 9.18 Å². The van der Waals surface area contributed by atoms with Crippen LogP contribution in [0.3, 0.4) is 0 Å². The number of hydrogen-bond donors (Lipinski definition) is 1. The van der Waals surface area contributed by atoms with Gasteiger partial charge in [-0.3, -0.25) is 4.79 Å². The number of rotatable bonds is 8. The summed E-state index contributed by atoms with van der Waals surface area (Å²) in [5, 5.41) is 4.20. The second-order valence-electron chi connectivity index (χ2n) is 7.69. The Kier molecular flexibility index (Phi) is 8.36. The van der Waals surface area contributed by atoms with Gasteiger partial charge in [-0.2, -0.15) is 0 Å². The molecule has 36 heavy (non-hydrogen) atoms. The van der Waals surface area contributed by atoms with Crippen molar-refractivity contribution in [2.75, 3.05) is 7.11 Å². The summed E-state index contributed by atoms with van der Waals surface area (Å²) in [6.07, 6.45) is 4.04. The summed E-state index contributed by atoms with van der Waals surface area (Å²) in [6.45, 7) is 4.06. The minimum atomic E-state index is -0.351. The number of methoxy groups -OCH3 is 1. The summed E-state index contributed by atoms with van der Waals surface area (Å²) in [5.74, 6) is 0.445. The molecule has 9 heteroatoms. The molecule has 1 aliphatic rings. The van der Waals surface area contributed by atoms with Crippen LogP contribution >= 0.6 is 35.0 Å². The second kappa shape index (κ2) is 11.6. The molecule has 4 rings (SSSR count). The van der Waals surface area contributed by atoms with Gasteiger partial charge in [0.1, 0.15) is 12.4 Å². The first-order chi connectivity index (χ1) is 17.4. The van der Waals surface area contributed by atoms with E-state index < -0.39 is 0 Å². The van der Waals surface area contributed by atoms with Gasteiger partial charge >= 0.3 is 0 Å². The molecule has 0 bridgehead atoms. The van der Waals surface area contributed by atoms with Crippen LogP contribution in [0.1, 0.15) is 16.7 Å². The minimum Gasteiger partial charge on any atom is -0.493 e. The Morgan fingerprint density at radius 1 is 1.11 bits per heavy atom. The van der Waals surface area contributed by atoms with Crippen molar-refractivity contribution in [1.82, 2.24) is 5.32 Å². The summed E-state index contributed by atoms with van der Waals surface area (Å²) in [7, 11) is 1.55. The Labute approximate surface area is 222 Å². The first kappa shape index (κ1) is 25.8. The molecule has 1 aliphatic heterocycles. The molecule has 0 aliphatic carbocycles. The van der Waals surface area contributed by atoms with Crippen LogP contribution in [0.25, 0.3) is 6.08 Å². The second-order valence-corrected chi connectivity index (χ2v) is 9.56. The molecule has 5 nitrogen and oxygen atoms in total. The fraction of sp³-hybridized carbons (Fsp3) is 0.111. The number of carbonyl (C=O) groups is 1. The molecule has 184 valence electrons. The number of benzene rings is 3. The van der Waals surface area contributed by atoms with E-state index in [1.807, 2.05) is 12.1 Å². The van der Waals surface area contributed by atoms with Gasteiger partial charge in [0, 0.05) is 21.2 Å². The van der Waals surface area contributed by atoms with Crippen molar-refractivity contribution in [2.24, 2.45) is 4.99 Å². The number of thioether (sulfide) groups is 1. The van der Waals surface area contributed by atoms with Gasteiger partial charge in [0.2, 0.25) is 0 Å². The molecule has 0 saturated carbocycles. The average Bonchev–Trinajstić information content (AvgIpc) is 3.19. The molecule has 3 aromatic rings. The minimum absolute atomic E-state index is 0.221. The molecule has 0 atom stereocenters. The molecular weight excluding hydrogens is 522 g/mol. The lowest BCUT2D eigenvalue weighted by Crippen LogP contribution is -2.19. The molecule has 0 aromatic heterocycles. The maximum atomic E-state index is 13.1. The van der Waals surface area contributed by atoms with Crippen LogP contribution in [0, 0.1) is 5.82 Å². The van der Waals surface area contributed by atoms with E-state index in [1.165, 1.54) is 23.9 Å². The number of carbonyl (C=O) groups excluding carboxylic acids is 1. The van der Waals surface area contributed by atoms with Crippen LogP contribution in [0.15, 0.2) is 77.1 Å². The van der Waals surface area contributed by atoms with Gasteiger partial charge in [-0.25, -0.2) is 9.38 Å². The monoisotopic (exact) mass is 542 g/mol. The number of aliphatic imine (C=N–C) groups is 1. The number of halogens is 3. The van der Waals surface area contributed by atoms with Crippen molar-refractivity contribution < 1.29 is 18.7 Å². The van der Waals surface area contributed by atoms with Gasteiger partial charge in [-0.05, 0) is 78.4 Å². The number of allylic oxidation sites excluding steroid dienone is 1. The number of hydrogen-bond acceptors (Lipinski definition) is 5. The molecule has 1 amide bonds. The fourth-order valence-electron chi connectivity index (χ4n) is 3.44. The van der Waals surface area contributed by atoms with Crippen LogP contribution < -0.4 is 14.8 Å². The third-order valence-corrected chi connectivity index (χ3v) is 6.63. The molecular formula is C27H21Cl2FN2O3S. The Bertz CT molecular complexity index is 1370. The molecule has 3 aromatic carbocycles. The fourth-order valence-corrected chi connectivity index (χ4v) is 4.75. The maximum absolute atomic E-state index is 13.1. The Hall–Kier alpha value is -3.26.